The summed E-state index contributed by atoms with van der Waals surface area (Å²) in [4.78, 5) is 13.3. The number of nitrogens with zero attached hydrogens (tertiary/aromatic N) is 5. The van der Waals surface area contributed by atoms with Gasteiger partial charge in [-0.2, -0.15) is 14.9 Å². The summed E-state index contributed by atoms with van der Waals surface area (Å²) in [7, 11) is 0. The highest BCUT2D eigenvalue weighted by molar-refractivity contribution is 7.17. The van der Waals surface area contributed by atoms with Crippen molar-refractivity contribution in [3.63, 3.8) is 0 Å². The van der Waals surface area contributed by atoms with E-state index in [0.717, 1.165) is 38.4 Å². The molecule has 0 N–H and O–H groups in total. The molecule has 0 fully saturated rings. The van der Waals surface area contributed by atoms with Crippen molar-refractivity contribution < 1.29 is 0 Å². The zero-order chi connectivity index (χ0) is 21.7. The number of thiophene rings is 1. The number of aryl methyl sites for hydroxylation is 1. The number of aromatic nitrogens is 5. The fourth-order valence-corrected chi connectivity index (χ4v) is 5.00. The van der Waals surface area contributed by atoms with E-state index in [4.69, 9.17) is 5.10 Å². The number of hydrogen-bond acceptors (Lipinski definition) is 4. The molecule has 0 bridgehead atoms. The van der Waals surface area contributed by atoms with Crippen molar-refractivity contribution in [3.05, 3.63) is 106 Å². The molecule has 2 aromatic heterocycles. The van der Waals surface area contributed by atoms with Crippen LogP contribution in [0.2, 0.25) is 0 Å². The molecule has 0 spiro atoms. The average Bonchev–Trinajstić information content (AvgIpc) is 3.56. The van der Waals surface area contributed by atoms with Gasteiger partial charge >= 0.3 is 0 Å². The second-order valence-electron chi connectivity index (χ2n) is 7.77. The van der Waals surface area contributed by atoms with Crippen LogP contribution in [0.1, 0.15) is 11.1 Å². The van der Waals surface area contributed by atoms with Gasteiger partial charge in [0, 0.05) is 25.1 Å². The Balaban J connectivity index is 1.46. The molecule has 0 aliphatic carbocycles. The molecule has 4 heterocycles. The van der Waals surface area contributed by atoms with Gasteiger partial charge in [-0.15, -0.1) is 11.3 Å². The topological polar surface area (TPSA) is 57.6 Å². The number of hydrogen-bond donors (Lipinski definition) is 0. The first-order valence-electron chi connectivity index (χ1n) is 10.3. The van der Waals surface area contributed by atoms with Crippen LogP contribution in [0.15, 0.2) is 89.4 Å². The Hall–Kier alpha value is -3.97. The zero-order valence-electron chi connectivity index (χ0n) is 17.3. The first-order valence-corrected chi connectivity index (χ1v) is 11.2. The van der Waals surface area contributed by atoms with Gasteiger partial charge in [0.25, 0.3) is 5.56 Å². The molecule has 0 saturated heterocycles. The summed E-state index contributed by atoms with van der Waals surface area (Å²) in [5, 5.41) is 11.1. The van der Waals surface area contributed by atoms with Crippen LogP contribution in [0.25, 0.3) is 32.8 Å². The lowest BCUT2D eigenvalue weighted by Crippen LogP contribution is -2.16. The van der Waals surface area contributed by atoms with Crippen molar-refractivity contribution in [2.24, 2.45) is 0 Å². The van der Waals surface area contributed by atoms with Gasteiger partial charge in [0.05, 0.1) is 27.2 Å². The third kappa shape index (κ3) is 2.98. The fourth-order valence-electron chi connectivity index (χ4n) is 4.10. The number of benzene rings is 2. The maximum absolute atomic E-state index is 13.3. The molecule has 0 unspecified atom stereocenters. The fraction of sp³-hybridized carbons (Fsp3) is 0.0800. The molecule has 0 saturated carbocycles. The summed E-state index contributed by atoms with van der Waals surface area (Å²) in [6.07, 6.45) is 5.63. The van der Waals surface area contributed by atoms with E-state index in [1.54, 1.807) is 17.5 Å². The van der Waals surface area contributed by atoms with Crippen LogP contribution in [-0.4, -0.2) is 24.1 Å². The first-order chi connectivity index (χ1) is 15.7. The Morgan fingerprint density at radius 1 is 1.00 bits per heavy atom. The Kier molecular flexibility index (Phi) is 4.29. The molecule has 156 valence electrons. The Morgan fingerprint density at radius 3 is 2.62 bits per heavy atom. The van der Waals surface area contributed by atoms with E-state index in [0.29, 0.717) is 12.1 Å². The van der Waals surface area contributed by atoms with E-state index >= 15 is 0 Å². The molecule has 6 nitrogen and oxygen atoms in total. The lowest BCUT2D eigenvalue weighted by Gasteiger charge is -2.12. The quantitative estimate of drug-likeness (QED) is 0.394. The molecule has 2 aliphatic rings. The molecular weight excluding hydrogens is 418 g/mol. The van der Waals surface area contributed by atoms with Gasteiger partial charge in [-0.25, -0.2) is 4.68 Å². The predicted molar refractivity (Wildman–Crippen MR) is 127 cm³/mol. The minimum absolute atomic E-state index is 0.0904. The van der Waals surface area contributed by atoms with Crippen molar-refractivity contribution in [3.8, 4) is 22.6 Å². The predicted octanol–water partition coefficient (Wildman–Crippen LogP) is 4.90. The van der Waals surface area contributed by atoms with Crippen molar-refractivity contribution in [1.82, 2.24) is 24.1 Å². The van der Waals surface area contributed by atoms with Gasteiger partial charge in [0.15, 0.2) is 0 Å². The van der Waals surface area contributed by atoms with Crippen molar-refractivity contribution in [2.45, 2.75) is 13.5 Å². The highest BCUT2D eigenvalue weighted by atomic mass is 32.1. The smallest absolute Gasteiger partial charge is 0.282 e. The van der Waals surface area contributed by atoms with Crippen LogP contribution in [0.4, 0.5) is 0 Å². The molecule has 2 aliphatic heterocycles. The van der Waals surface area contributed by atoms with Crippen LogP contribution in [0.5, 0.6) is 0 Å². The van der Waals surface area contributed by atoms with Crippen LogP contribution in [0.3, 0.4) is 0 Å². The minimum Gasteiger partial charge on any atom is -0.341 e. The summed E-state index contributed by atoms with van der Waals surface area (Å²) in [6, 6.07) is 20.1. The van der Waals surface area contributed by atoms with Crippen LogP contribution < -0.4 is 5.56 Å². The standard InChI is InChI=1S/C25H19N5OS/c1-17-5-2-3-6-21(17)30-25(31)20-16-28(22-11-14-32-24(22)23(20)27-30)15-18-7-9-19(10-8-18)29-13-4-12-26-29/h2-14,16H,15H2,1H3. The van der Waals surface area contributed by atoms with E-state index in [9.17, 15) is 4.79 Å². The monoisotopic (exact) mass is 437 g/mol. The van der Waals surface area contributed by atoms with Crippen LogP contribution in [-0.2, 0) is 6.54 Å². The lowest BCUT2D eigenvalue weighted by molar-refractivity contribution is 0.825. The van der Waals surface area contributed by atoms with Gasteiger partial charge < -0.3 is 4.57 Å². The molecule has 32 heavy (non-hydrogen) atoms. The number of fused-ring (bicyclic) bond motifs is 3. The molecule has 7 heteroatoms. The summed E-state index contributed by atoms with van der Waals surface area (Å²) in [6.45, 7) is 2.66. The van der Waals surface area contributed by atoms with E-state index < -0.39 is 0 Å². The zero-order valence-corrected chi connectivity index (χ0v) is 18.2. The molecular formula is C25H19N5OS. The minimum atomic E-state index is -0.0904. The molecule has 0 amide bonds. The number of pyridine rings is 1. The molecule has 0 atom stereocenters. The maximum Gasteiger partial charge on any atom is 0.282 e. The van der Waals surface area contributed by atoms with Gasteiger partial charge in [-0.1, -0.05) is 30.3 Å². The summed E-state index contributed by atoms with van der Waals surface area (Å²) < 4.78 is 6.54. The molecule has 6 rings (SSSR count). The maximum atomic E-state index is 13.3. The average molecular weight is 438 g/mol. The third-order valence-corrected chi connectivity index (χ3v) is 6.64. The summed E-state index contributed by atoms with van der Waals surface area (Å²) >= 11 is 1.62. The van der Waals surface area contributed by atoms with E-state index in [2.05, 4.69) is 45.4 Å². The first kappa shape index (κ1) is 18.8. The summed E-state index contributed by atoms with van der Waals surface area (Å²) in [5.74, 6) is 0. The molecule has 4 aromatic rings. The SMILES string of the molecule is Cc1ccccc1-n1nc2c3sccc3n(Cc3ccc(-n4cccn4)cc3)cc-2c1=O. The highest BCUT2D eigenvalue weighted by Gasteiger charge is 2.22. The van der Waals surface area contributed by atoms with Crippen LogP contribution >= 0.6 is 11.3 Å². The molecule has 2 aromatic carbocycles. The van der Waals surface area contributed by atoms with Crippen molar-refractivity contribution in [2.75, 3.05) is 0 Å². The van der Waals surface area contributed by atoms with Gasteiger partial charge in [-0.05, 0) is 53.8 Å². The van der Waals surface area contributed by atoms with E-state index in [-0.39, 0.29) is 5.56 Å². The largest absolute Gasteiger partial charge is 0.341 e. The third-order valence-electron chi connectivity index (χ3n) is 5.73. The normalized spacial score (nSPS) is 11.5. The van der Waals surface area contributed by atoms with Gasteiger partial charge in [0.1, 0.15) is 5.69 Å². The Morgan fingerprint density at radius 2 is 1.84 bits per heavy atom. The Labute approximate surface area is 187 Å². The van der Waals surface area contributed by atoms with Crippen LogP contribution in [0, 0.1) is 6.92 Å². The molecule has 0 radical (unpaired) electrons. The van der Waals surface area contributed by atoms with Gasteiger partial charge in [0.2, 0.25) is 0 Å². The second-order valence-corrected chi connectivity index (χ2v) is 8.69. The second kappa shape index (κ2) is 7.32. The lowest BCUT2D eigenvalue weighted by atomic mass is 10.1. The highest BCUT2D eigenvalue weighted by Crippen LogP contribution is 2.32. The van der Waals surface area contributed by atoms with E-state index in [1.807, 2.05) is 54.3 Å². The van der Waals surface area contributed by atoms with Crippen molar-refractivity contribution in [1.29, 1.82) is 0 Å². The number of rotatable bonds is 4. The Bertz CT molecular complexity index is 1570. The summed E-state index contributed by atoms with van der Waals surface area (Å²) in [5.41, 5.74) is 6.38. The van der Waals surface area contributed by atoms with E-state index in [1.165, 1.54) is 4.68 Å². The van der Waals surface area contributed by atoms with Gasteiger partial charge in [-0.3, -0.25) is 4.79 Å². The van der Waals surface area contributed by atoms with Crippen molar-refractivity contribution >= 4 is 21.6 Å². The number of para-hydroxylation sites is 1.